The van der Waals surface area contributed by atoms with E-state index in [1.807, 2.05) is 13.0 Å². The van der Waals surface area contributed by atoms with Crippen LogP contribution in [-0.2, 0) is 4.57 Å². The summed E-state index contributed by atoms with van der Waals surface area (Å²) in [6.07, 6.45) is 0. The molecular formula is C8H13N2O5P. The van der Waals surface area contributed by atoms with Crippen molar-refractivity contribution >= 4 is 19.6 Å². The van der Waals surface area contributed by atoms with Gasteiger partial charge in [0.1, 0.15) is 5.69 Å². The van der Waals surface area contributed by atoms with Crippen LogP contribution < -0.4 is 5.32 Å². The molecule has 0 atom stereocenters. The first-order valence-corrected chi connectivity index (χ1v) is 5.53. The molecular weight excluding hydrogens is 235 g/mol. The summed E-state index contributed by atoms with van der Waals surface area (Å²) in [6.45, 7) is 1.83. The van der Waals surface area contributed by atoms with Gasteiger partial charge in [-0.2, -0.15) is 0 Å². The van der Waals surface area contributed by atoms with Crippen molar-refractivity contribution in [1.82, 2.24) is 0 Å². The van der Waals surface area contributed by atoms with E-state index in [1.165, 1.54) is 0 Å². The van der Waals surface area contributed by atoms with Crippen molar-refractivity contribution < 1.29 is 19.3 Å². The van der Waals surface area contributed by atoms with Crippen molar-refractivity contribution in [2.24, 2.45) is 0 Å². The number of anilines is 1. The van der Waals surface area contributed by atoms with Crippen LogP contribution in [0.25, 0.3) is 0 Å². The van der Waals surface area contributed by atoms with E-state index in [2.05, 4.69) is 5.32 Å². The molecule has 16 heavy (non-hydrogen) atoms. The molecule has 1 rings (SSSR count). The largest absolute Gasteiger partial charge is 0.383 e. The van der Waals surface area contributed by atoms with Gasteiger partial charge in [-0.3, -0.25) is 14.7 Å². The number of rotatable bonds is 2. The summed E-state index contributed by atoms with van der Waals surface area (Å²) in [6, 6.07) is 5.08. The average Bonchev–Trinajstić information content (AvgIpc) is 2.16. The van der Waals surface area contributed by atoms with E-state index in [0.717, 1.165) is 5.56 Å². The van der Waals surface area contributed by atoms with Gasteiger partial charge in [-0.1, -0.05) is 6.07 Å². The Morgan fingerprint density at radius 3 is 2.31 bits per heavy atom. The van der Waals surface area contributed by atoms with Gasteiger partial charge in [0, 0.05) is 13.1 Å². The lowest BCUT2D eigenvalue weighted by Crippen LogP contribution is -1.96. The molecule has 0 aliphatic heterocycles. The second-order valence-corrected chi connectivity index (χ2v) is 3.38. The Labute approximate surface area is 92.8 Å². The van der Waals surface area contributed by atoms with Crippen molar-refractivity contribution in [3.63, 3.8) is 0 Å². The van der Waals surface area contributed by atoms with Gasteiger partial charge in [0.2, 0.25) is 0 Å². The van der Waals surface area contributed by atoms with E-state index in [9.17, 15) is 10.1 Å². The smallest absolute Gasteiger partial charge is 0.314 e. The van der Waals surface area contributed by atoms with Gasteiger partial charge in [-0.15, -0.1) is 0 Å². The second-order valence-electron chi connectivity index (χ2n) is 2.81. The SMILES string of the molecule is CNc1ccc(C)cc1[N+](=O)[O-].O=[PH](O)O. The Hall–Kier alpha value is -1.43. The van der Waals surface area contributed by atoms with Gasteiger partial charge in [-0.05, 0) is 18.6 Å². The van der Waals surface area contributed by atoms with Gasteiger partial charge >= 0.3 is 8.25 Å². The lowest BCUT2D eigenvalue weighted by molar-refractivity contribution is -0.384. The summed E-state index contributed by atoms with van der Waals surface area (Å²) in [7, 11) is -1.47. The molecule has 1 aromatic rings. The van der Waals surface area contributed by atoms with Gasteiger partial charge in [0.25, 0.3) is 5.69 Å². The lowest BCUT2D eigenvalue weighted by Gasteiger charge is -2.01. The van der Waals surface area contributed by atoms with Crippen LogP contribution in [0.1, 0.15) is 5.56 Å². The molecule has 0 saturated carbocycles. The molecule has 0 spiro atoms. The summed E-state index contributed by atoms with van der Waals surface area (Å²) in [4.78, 5) is 24.4. The summed E-state index contributed by atoms with van der Waals surface area (Å²) in [5.74, 6) is 0. The minimum Gasteiger partial charge on any atom is -0.383 e. The molecule has 0 saturated heterocycles. The zero-order valence-corrected chi connectivity index (χ0v) is 9.80. The molecule has 0 bridgehead atoms. The number of nitro benzene ring substituents is 1. The van der Waals surface area contributed by atoms with Crippen molar-refractivity contribution in [2.45, 2.75) is 6.92 Å². The Morgan fingerprint density at radius 1 is 1.44 bits per heavy atom. The van der Waals surface area contributed by atoms with Crippen LogP contribution in [-0.4, -0.2) is 21.8 Å². The quantitative estimate of drug-likeness (QED) is 0.413. The van der Waals surface area contributed by atoms with Crippen molar-refractivity contribution in [1.29, 1.82) is 0 Å². The number of hydrogen-bond acceptors (Lipinski definition) is 4. The number of nitrogens with one attached hydrogen (secondary N) is 1. The fourth-order valence-corrected chi connectivity index (χ4v) is 1.00. The van der Waals surface area contributed by atoms with E-state index in [0.29, 0.717) is 5.69 Å². The molecule has 0 unspecified atom stereocenters. The fourth-order valence-electron chi connectivity index (χ4n) is 1.00. The van der Waals surface area contributed by atoms with Crippen LogP contribution in [0.5, 0.6) is 0 Å². The zero-order valence-electron chi connectivity index (χ0n) is 8.80. The zero-order chi connectivity index (χ0) is 12.7. The van der Waals surface area contributed by atoms with Gasteiger partial charge in [0.05, 0.1) is 4.92 Å². The number of nitrogens with zero attached hydrogens (tertiary/aromatic N) is 1. The normalized spacial score (nSPS) is 9.31. The maximum atomic E-state index is 10.5. The van der Waals surface area contributed by atoms with Crippen LogP contribution in [0.3, 0.4) is 0 Å². The maximum Gasteiger partial charge on any atom is 0.314 e. The maximum absolute atomic E-state index is 10.5. The van der Waals surface area contributed by atoms with Crippen LogP contribution >= 0.6 is 8.25 Å². The summed E-state index contributed by atoms with van der Waals surface area (Å²) < 4.78 is 8.74. The first-order valence-electron chi connectivity index (χ1n) is 4.23. The Balaban J connectivity index is 0.000000487. The number of nitro groups is 1. The Morgan fingerprint density at radius 2 is 1.94 bits per heavy atom. The van der Waals surface area contributed by atoms with E-state index in [1.54, 1.807) is 19.2 Å². The molecule has 90 valence electrons. The summed E-state index contributed by atoms with van der Waals surface area (Å²) in [5, 5.41) is 13.3. The van der Waals surface area contributed by atoms with E-state index in [4.69, 9.17) is 14.4 Å². The van der Waals surface area contributed by atoms with Gasteiger partial charge in [-0.25, -0.2) is 0 Å². The van der Waals surface area contributed by atoms with Crippen molar-refractivity contribution in [2.75, 3.05) is 12.4 Å². The minimum absolute atomic E-state index is 0.123. The van der Waals surface area contributed by atoms with Crippen LogP contribution in [0, 0.1) is 17.0 Å². The highest BCUT2D eigenvalue weighted by Crippen LogP contribution is 2.24. The molecule has 0 heterocycles. The molecule has 8 heteroatoms. The monoisotopic (exact) mass is 248 g/mol. The molecule has 7 nitrogen and oxygen atoms in total. The van der Waals surface area contributed by atoms with Crippen molar-refractivity contribution in [3.8, 4) is 0 Å². The third-order valence-electron chi connectivity index (χ3n) is 1.62. The molecule has 0 radical (unpaired) electrons. The highest BCUT2D eigenvalue weighted by atomic mass is 31.1. The van der Waals surface area contributed by atoms with Gasteiger partial charge in [0.15, 0.2) is 0 Å². The fraction of sp³-hybridized carbons (Fsp3) is 0.250. The molecule has 0 amide bonds. The predicted octanol–water partition coefficient (Wildman–Crippen LogP) is 1.31. The van der Waals surface area contributed by atoms with Gasteiger partial charge < -0.3 is 15.1 Å². The van der Waals surface area contributed by atoms with Crippen LogP contribution in [0.4, 0.5) is 11.4 Å². The molecule has 0 aliphatic carbocycles. The third kappa shape index (κ3) is 5.45. The first kappa shape index (κ1) is 14.6. The highest BCUT2D eigenvalue weighted by Gasteiger charge is 2.11. The van der Waals surface area contributed by atoms with E-state index < -0.39 is 13.2 Å². The molecule has 0 fully saturated rings. The second kappa shape index (κ2) is 6.95. The highest BCUT2D eigenvalue weighted by molar-refractivity contribution is 7.30. The number of hydrogen-bond donors (Lipinski definition) is 3. The van der Waals surface area contributed by atoms with Crippen LogP contribution in [0.2, 0.25) is 0 Å². The Kier molecular flexibility index (Phi) is 6.32. The molecule has 3 N–H and O–H groups in total. The third-order valence-corrected chi connectivity index (χ3v) is 1.62. The molecule has 0 aromatic heterocycles. The summed E-state index contributed by atoms with van der Waals surface area (Å²) in [5.41, 5.74) is 1.56. The molecule has 0 aliphatic rings. The standard InChI is InChI=1S/C8H10N2O2.H3O3P/c1-6-3-4-7(9-2)8(5-6)10(11)12;1-4(2)3/h3-5,9H,1-2H3;4H,(H2,1,2,3). The lowest BCUT2D eigenvalue weighted by atomic mass is 10.2. The average molecular weight is 248 g/mol. The predicted molar refractivity (Wildman–Crippen MR) is 60.8 cm³/mol. The van der Waals surface area contributed by atoms with E-state index >= 15 is 0 Å². The topological polar surface area (TPSA) is 113 Å². The number of aryl methyl sites for hydroxylation is 1. The van der Waals surface area contributed by atoms with Crippen LogP contribution in [0.15, 0.2) is 18.2 Å². The molecule has 1 aromatic carbocycles. The van der Waals surface area contributed by atoms with Crippen molar-refractivity contribution in [3.05, 3.63) is 33.9 Å². The minimum atomic E-state index is -3.13. The number of benzene rings is 1. The Bertz CT molecular complexity index is 392. The van der Waals surface area contributed by atoms with E-state index in [-0.39, 0.29) is 5.69 Å². The first-order chi connectivity index (χ1) is 7.38. The summed E-state index contributed by atoms with van der Waals surface area (Å²) >= 11 is 0.